The van der Waals surface area contributed by atoms with E-state index in [1.54, 1.807) is 35.2 Å². The molecule has 0 saturated carbocycles. The zero-order chi connectivity index (χ0) is 26.4. The molecule has 12 heteroatoms. The van der Waals surface area contributed by atoms with Crippen molar-refractivity contribution < 1.29 is 22.8 Å². The number of carbonyl (C=O) groups excluding carboxylic acids is 3. The number of amides is 3. The van der Waals surface area contributed by atoms with Gasteiger partial charge >= 0.3 is 0 Å². The van der Waals surface area contributed by atoms with Crippen molar-refractivity contribution in [3.05, 3.63) is 76.9 Å². The van der Waals surface area contributed by atoms with Crippen molar-refractivity contribution in [3.63, 3.8) is 0 Å². The average Bonchev–Trinajstić information content (AvgIpc) is 2.91. The summed E-state index contributed by atoms with van der Waals surface area (Å²) in [4.78, 5) is 44.0. The molecule has 1 fully saturated rings. The van der Waals surface area contributed by atoms with Crippen LogP contribution in [0.3, 0.4) is 0 Å². The normalized spacial score (nSPS) is 14.3. The minimum atomic E-state index is -1.94. The summed E-state index contributed by atoms with van der Waals surface area (Å²) in [5.74, 6) is -0.726. The van der Waals surface area contributed by atoms with E-state index < -0.39 is 22.7 Å². The molecule has 0 unspecified atom stereocenters. The van der Waals surface area contributed by atoms with Crippen LogP contribution in [0.25, 0.3) is 0 Å². The molecule has 192 valence electrons. The number of pyridine rings is 1. The van der Waals surface area contributed by atoms with Crippen LogP contribution < -0.4 is 15.5 Å². The maximum absolute atomic E-state index is 13.1. The minimum absolute atomic E-state index is 0.0641. The molecule has 3 aromatic rings. The van der Waals surface area contributed by atoms with E-state index in [2.05, 4.69) is 24.2 Å². The molecule has 1 aliphatic rings. The molecule has 1 aliphatic heterocycles. The maximum atomic E-state index is 13.1. The predicted octanol–water partition coefficient (Wildman–Crippen LogP) is 5.10. The van der Waals surface area contributed by atoms with Crippen LogP contribution in [-0.4, -0.2) is 36.4 Å². The lowest BCUT2D eigenvalue weighted by molar-refractivity contribution is -0.119. The lowest BCUT2D eigenvalue weighted by Crippen LogP contribution is -2.35. The largest absolute Gasteiger partial charge is 0.441 e. The van der Waals surface area contributed by atoms with Gasteiger partial charge in [-0.15, -0.1) is 0 Å². The molecule has 1 aromatic heterocycles. The highest BCUT2D eigenvalue weighted by Crippen LogP contribution is 2.26. The van der Waals surface area contributed by atoms with E-state index in [4.69, 9.17) is 11.6 Å². The number of nitrogens with one attached hydrogen (secondary N) is 2. The summed E-state index contributed by atoms with van der Waals surface area (Å²) in [6, 6.07) is 14.1. The number of piperidine rings is 1. The Morgan fingerprint density at radius 3 is 2.51 bits per heavy atom. The van der Waals surface area contributed by atoms with Crippen LogP contribution in [0.2, 0.25) is 5.02 Å². The lowest BCUT2D eigenvalue weighted by Gasteiger charge is -2.26. The topological polar surface area (TPSA) is 130 Å². The molecule has 2 aromatic carbocycles. The molecule has 37 heavy (non-hydrogen) atoms. The third-order valence-corrected chi connectivity index (χ3v) is 6.42. The molecule has 1 saturated heterocycles. The first-order chi connectivity index (χ1) is 17.8. The van der Waals surface area contributed by atoms with E-state index in [1.165, 1.54) is 37.6 Å². The van der Waals surface area contributed by atoms with Gasteiger partial charge < -0.3 is 28.3 Å². The fourth-order valence-corrected chi connectivity index (χ4v) is 4.18. The molecule has 0 radical (unpaired) electrons. The van der Waals surface area contributed by atoms with Crippen molar-refractivity contribution in [2.75, 3.05) is 29.2 Å². The number of benzene rings is 2. The van der Waals surface area contributed by atoms with Gasteiger partial charge in [0.15, 0.2) is 0 Å². The number of nitrogens with zero attached hydrogens (tertiary/aromatic N) is 3. The third kappa shape index (κ3) is 6.70. The summed E-state index contributed by atoms with van der Waals surface area (Å²) in [6.45, 7) is 0.649. The van der Waals surface area contributed by atoms with Crippen LogP contribution in [0.4, 0.5) is 22.9 Å². The summed E-state index contributed by atoms with van der Waals surface area (Å²) >= 11 is 5.85. The van der Waals surface area contributed by atoms with Crippen molar-refractivity contribution in [2.45, 2.75) is 19.3 Å². The second kappa shape index (κ2) is 12.0. The Hall–Kier alpha value is -3.80. The third-order valence-electron chi connectivity index (χ3n) is 5.55. The van der Waals surface area contributed by atoms with Crippen molar-refractivity contribution >= 4 is 63.1 Å². The molecular weight excluding hydrogens is 518 g/mol. The van der Waals surface area contributed by atoms with E-state index in [-0.39, 0.29) is 28.7 Å². The Balaban J connectivity index is 1.58. The van der Waals surface area contributed by atoms with Crippen LogP contribution in [0, 0.1) is 0 Å². The van der Waals surface area contributed by atoms with Crippen molar-refractivity contribution in [1.82, 2.24) is 4.98 Å². The van der Waals surface area contributed by atoms with Crippen LogP contribution in [0.15, 0.2) is 65.2 Å². The smallest absolute Gasteiger partial charge is 0.259 e. The molecule has 0 atom stereocenters. The number of rotatable bonds is 7. The fourth-order valence-electron chi connectivity index (χ4n) is 3.71. The standard InChI is InChI=1S/C25H23ClN5O5S/c1-36-37(35)30-18-8-11-21(20(14-18)25(34)29-22-12-7-17(26)15-27-22)28-24(33)16-5-9-19(10-6-16)31-13-3-2-4-23(31)32/h5-12,14-15H,2-4,13H2,1H3,(H,28,33)(H,27,29,34)/q-1. The SMILES string of the molecule is CO[S-](=O)=Nc1ccc(NC(=O)c2ccc(N3CCCCC3=O)cc2)c(C(=O)Nc2ccc(Cl)cn2)c1. The van der Waals surface area contributed by atoms with E-state index in [9.17, 15) is 18.6 Å². The van der Waals surface area contributed by atoms with Crippen molar-refractivity contribution in [3.8, 4) is 0 Å². The Morgan fingerprint density at radius 2 is 1.84 bits per heavy atom. The lowest BCUT2D eigenvalue weighted by atomic mass is 10.1. The Labute approximate surface area is 220 Å². The number of hydrogen-bond acceptors (Lipinski definition) is 8. The number of anilines is 3. The number of hydrogen-bond donors (Lipinski definition) is 2. The maximum Gasteiger partial charge on any atom is 0.259 e. The van der Waals surface area contributed by atoms with Crippen LogP contribution in [-0.2, 0) is 24.1 Å². The van der Waals surface area contributed by atoms with Gasteiger partial charge in [0.1, 0.15) is 5.82 Å². The monoisotopic (exact) mass is 540 g/mol. The zero-order valence-corrected chi connectivity index (χ0v) is 21.3. The van der Waals surface area contributed by atoms with Crippen LogP contribution in [0.1, 0.15) is 40.0 Å². The first-order valence-corrected chi connectivity index (χ1v) is 12.7. The molecule has 0 spiro atoms. The van der Waals surface area contributed by atoms with E-state index in [0.717, 1.165) is 18.5 Å². The molecule has 0 bridgehead atoms. The Bertz CT molecular complexity index is 1410. The Kier molecular flexibility index (Phi) is 8.49. The molecular formula is C25H23ClN5O5S-. The van der Waals surface area contributed by atoms with Gasteiger partial charge in [-0.05, 0) is 67.4 Å². The summed E-state index contributed by atoms with van der Waals surface area (Å²) in [6.07, 6.45) is 3.71. The first-order valence-electron chi connectivity index (χ1n) is 11.3. The van der Waals surface area contributed by atoms with Gasteiger partial charge in [0, 0.05) is 43.2 Å². The van der Waals surface area contributed by atoms with Gasteiger partial charge in [-0.2, -0.15) is 0 Å². The van der Waals surface area contributed by atoms with Gasteiger partial charge in [-0.25, -0.2) is 4.98 Å². The molecule has 4 rings (SSSR count). The second-order valence-corrected chi connectivity index (χ2v) is 9.41. The van der Waals surface area contributed by atoms with Crippen LogP contribution >= 0.6 is 11.6 Å². The molecule has 3 amide bonds. The second-order valence-electron chi connectivity index (χ2n) is 8.02. The van der Waals surface area contributed by atoms with Crippen molar-refractivity contribution in [2.24, 2.45) is 4.36 Å². The summed E-state index contributed by atoms with van der Waals surface area (Å²) < 4.78 is 20.2. The molecule has 2 N–H and O–H groups in total. The Morgan fingerprint density at radius 1 is 1.05 bits per heavy atom. The highest BCUT2D eigenvalue weighted by molar-refractivity contribution is 7.69. The van der Waals surface area contributed by atoms with E-state index in [0.29, 0.717) is 23.6 Å². The van der Waals surface area contributed by atoms with E-state index >= 15 is 0 Å². The summed E-state index contributed by atoms with van der Waals surface area (Å²) in [7, 11) is -0.707. The zero-order valence-electron chi connectivity index (χ0n) is 19.8. The van der Waals surface area contributed by atoms with E-state index in [1.807, 2.05) is 0 Å². The summed E-state index contributed by atoms with van der Waals surface area (Å²) in [5.41, 5.74) is 1.55. The van der Waals surface area contributed by atoms with Crippen molar-refractivity contribution in [1.29, 1.82) is 0 Å². The first kappa shape index (κ1) is 26.3. The minimum Gasteiger partial charge on any atom is -0.441 e. The number of halogens is 1. The van der Waals surface area contributed by atoms with Gasteiger partial charge in [0.25, 0.3) is 11.8 Å². The highest BCUT2D eigenvalue weighted by atomic mass is 35.5. The highest BCUT2D eigenvalue weighted by Gasteiger charge is 2.20. The van der Waals surface area contributed by atoms with Gasteiger partial charge in [-0.3, -0.25) is 14.4 Å². The number of aromatic nitrogens is 1. The van der Waals surface area contributed by atoms with Gasteiger partial charge in [0.05, 0.1) is 16.3 Å². The number of carbonyl (C=O) groups is 3. The average molecular weight is 541 g/mol. The summed E-state index contributed by atoms with van der Waals surface area (Å²) in [5, 5.41) is 5.78. The quantitative estimate of drug-likeness (QED) is 0.401. The molecule has 0 aliphatic carbocycles. The van der Waals surface area contributed by atoms with Crippen LogP contribution in [0.5, 0.6) is 0 Å². The fraction of sp³-hybridized carbons (Fsp3) is 0.200. The predicted molar refractivity (Wildman–Crippen MR) is 141 cm³/mol. The molecule has 10 nitrogen and oxygen atoms in total. The molecule has 2 heterocycles. The van der Waals surface area contributed by atoms with Gasteiger partial charge in [-0.1, -0.05) is 22.5 Å². The van der Waals surface area contributed by atoms with Gasteiger partial charge in [0.2, 0.25) is 5.91 Å².